The van der Waals surface area contributed by atoms with Crippen LogP contribution in [0.5, 0.6) is 0 Å². The van der Waals surface area contributed by atoms with Crippen LogP contribution in [0, 0.1) is 0 Å². The maximum atomic E-state index is 11.6. The highest BCUT2D eigenvalue weighted by atomic mass is 16.5. The highest BCUT2D eigenvalue weighted by molar-refractivity contribution is 5.94. The van der Waals surface area contributed by atoms with Crippen molar-refractivity contribution in [3.8, 4) is 0 Å². The van der Waals surface area contributed by atoms with E-state index in [0.717, 1.165) is 0 Å². The number of hydrogen-bond donors (Lipinski definition) is 3. The van der Waals surface area contributed by atoms with Crippen molar-refractivity contribution >= 4 is 11.9 Å². The van der Waals surface area contributed by atoms with Crippen molar-refractivity contribution < 1.29 is 19.4 Å². The van der Waals surface area contributed by atoms with Crippen LogP contribution in [0.2, 0.25) is 0 Å². The molecule has 0 bridgehead atoms. The molecule has 1 atom stereocenters. The normalized spacial score (nSPS) is 12.1. The number of aromatic amines is 1. The van der Waals surface area contributed by atoms with E-state index < -0.39 is 17.9 Å². The smallest absolute Gasteiger partial charge is 0.326 e. The fourth-order valence-electron chi connectivity index (χ4n) is 1.31. The number of hydrogen-bond acceptors (Lipinski definition) is 4. The number of carboxylic acids is 1. The molecule has 1 rings (SSSR count). The summed E-state index contributed by atoms with van der Waals surface area (Å²) in [6.07, 6.45) is 2.31. The maximum absolute atomic E-state index is 11.6. The number of aliphatic carboxylic acids is 1. The lowest BCUT2D eigenvalue weighted by Gasteiger charge is -2.13. The van der Waals surface area contributed by atoms with Crippen LogP contribution in [-0.2, 0) is 9.53 Å². The Kier molecular flexibility index (Phi) is 5.15. The van der Waals surface area contributed by atoms with Gasteiger partial charge in [0.1, 0.15) is 11.7 Å². The van der Waals surface area contributed by atoms with Crippen LogP contribution in [-0.4, -0.2) is 46.9 Å². The Morgan fingerprint density at radius 1 is 1.65 bits per heavy atom. The third-order valence-electron chi connectivity index (χ3n) is 2.19. The second-order valence-corrected chi connectivity index (χ2v) is 3.47. The summed E-state index contributed by atoms with van der Waals surface area (Å²) in [5.74, 6) is -1.54. The first-order valence-electron chi connectivity index (χ1n) is 5.17. The van der Waals surface area contributed by atoms with Crippen molar-refractivity contribution in [1.29, 1.82) is 0 Å². The molecule has 1 aromatic rings. The van der Waals surface area contributed by atoms with E-state index in [1.807, 2.05) is 0 Å². The second kappa shape index (κ2) is 6.64. The van der Waals surface area contributed by atoms with Gasteiger partial charge >= 0.3 is 5.97 Å². The Labute approximate surface area is 98.2 Å². The average molecular weight is 241 g/mol. The van der Waals surface area contributed by atoms with E-state index in [2.05, 4.69) is 15.5 Å². The SMILES string of the molecule is COCCCC(NC(=O)c1ccn[nH]1)C(=O)O. The average Bonchev–Trinajstić information content (AvgIpc) is 2.81. The molecule has 1 unspecified atom stereocenters. The van der Waals surface area contributed by atoms with Gasteiger partial charge in [-0.05, 0) is 18.9 Å². The van der Waals surface area contributed by atoms with Gasteiger partial charge in [-0.2, -0.15) is 5.10 Å². The summed E-state index contributed by atoms with van der Waals surface area (Å²) in [6, 6.07) is 0.560. The van der Waals surface area contributed by atoms with Crippen LogP contribution in [0.3, 0.4) is 0 Å². The minimum atomic E-state index is -1.06. The summed E-state index contributed by atoms with van der Waals surface area (Å²) in [4.78, 5) is 22.5. The largest absolute Gasteiger partial charge is 0.480 e. The van der Waals surface area contributed by atoms with Gasteiger partial charge < -0.3 is 15.2 Å². The van der Waals surface area contributed by atoms with Gasteiger partial charge in [-0.25, -0.2) is 4.79 Å². The second-order valence-electron chi connectivity index (χ2n) is 3.47. The van der Waals surface area contributed by atoms with Gasteiger partial charge in [-0.3, -0.25) is 9.89 Å². The van der Waals surface area contributed by atoms with E-state index in [9.17, 15) is 9.59 Å². The Morgan fingerprint density at radius 2 is 2.41 bits per heavy atom. The van der Waals surface area contributed by atoms with Crippen molar-refractivity contribution in [1.82, 2.24) is 15.5 Å². The summed E-state index contributed by atoms with van der Waals surface area (Å²) in [5.41, 5.74) is 0.239. The molecule has 7 heteroatoms. The van der Waals surface area contributed by atoms with Crippen LogP contribution in [0.15, 0.2) is 12.3 Å². The molecule has 1 aromatic heterocycles. The number of nitrogens with one attached hydrogen (secondary N) is 2. The fourth-order valence-corrected chi connectivity index (χ4v) is 1.31. The van der Waals surface area contributed by atoms with Crippen molar-refractivity contribution in [2.24, 2.45) is 0 Å². The molecule has 0 aliphatic heterocycles. The van der Waals surface area contributed by atoms with Crippen LogP contribution < -0.4 is 5.32 Å². The minimum absolute atomic E-state index is 0.239. The summed E-state index contributed by atoms with van der Waals surface area (Å²) < 4.78 is 4.83. The Bertz CT molecular complexity index is 364. The highest BCUT2D eigenvalue weighted by Gasteiger charge is 2.20. The van der Waals surface area contributed by atoms with Crippen LogP contribution >= 0.6 is 0 Å². The van der Waals surface area contributed by atoms with E-state index in [-0.39, 0.29) is 5.69 Å². The Hall–Kier alpha value is -1.89. The number of carbonyl (C=O) groups is 2. The molecule has 3 N–H and O–H groups in total. The van der Waals surface area contributed by atoms with Gasteiger partial charge in [-0.1, -0.05) is 0 Å². The third-order valence-corrected chi connectivity index (χ3v) is 2.19. The number of carbonyl (C=O) groups excluding carboxylic acids is 1. The first-order valence-corrected chi connectivity index (χ1v) is 5.17. The summed E-state index contributed by atoms with van der Waals surface area (Å²) in [7, 11) is 1.54. The number of nitrogens with zero attached hydrogens (tertiary/aromatic N) is 1. The standard InChI is InChI=1S/C10H15N3O4/c1-17-6-2-3-8(10(15)16)12-9(14)7-4-5-11-13-7/h4-5,8H,2-3,6H2,1H3,(H,11,13)(H,12,14)(H,15,16). The van der Waals surface area contributed by atoms with Crippen molar-refractivity contribution in [2.45, 2.75) is 18.9 Å². The first kappa shape index (κ1) is 13.2. The number of amides is 1. The highest BCUT2D eigenvalue weighted by Crippen LogP contribution is 2.00. The molecule has 17 heavy (non-hydrogen) atoms. The maximum Gasteiger partial charge on any atom is 0.326 e. The van der Waals surface area contributed by atoms with Gasteiger partial charge in [0.15, 0.2) is 0 Å². The van der Waals surface area contributed by atoms with E-state index in [4.69, 9.17) is 9.84 Å². The van der Waals surface area contributed by atoms with Gasteiger partial charge in [0.2, 0.25) is 0 Å². The molecule has 1 heterocycles. The van der Waals surface area contributed by atoms with Crippen LogP contribution in [0.4, 0.5) is 0 Å². The number of H-pyrrole nitrogens is 1. The number of rotatable bonds is 7. The monoisotopic (exact) mass is 241 g/mol. The molecule has 7 nitrogen and oxygen atoms in total. The lowest BCUT2D eigenvalue weighted by atomic mass is 10.1. The number of carboxylic acid groups (broad SMARTS) is 1. The summed E-state index contributed by atoms with van der Waals surface area (Å²) >= 11 is 0. The lowest BCUT2D eigenvalue weighted by Crippen LogP contribution is -2.41. The Morgan fingerprint density at radius 3 is 2.94 bits per heavy atom. The van der Waals surface area contributed by atoms with Crippen LogP contribution in [0.25, 0.3) is 0 Å². The Balaban J connectivity index is 2.49. The van der Waals surface area contributed by atoms with Crippen LogP contribution in [0.1, 0.15) is 23.3 Å². The molecule has 0 aliphatic rings. The van der Waals surface area contributed by atoms with Gasteiger partial charge in [0.05, 0.1) is 0 Å². The van der Waals surface area contributed by atoms with E-state index >= 15 is 0 Å². The molecule has 0 radical (unpaired) electrons. The molecule has 0 spiro atoms. The zero-order valence-electron chi connectivity index (χ0n) is 9.47. The summed E-state index contributed by atoms with van der Waals surface area (Å²) in [6.45, 7) is 0.462. The minimum Gasteiger partial charge on any atom is -0.480 e. The molecule has 0 fully saturated rings. The van der Waals surface area contributed by atoms with Crippen molar-refractivity contribution in [3.05, 3.63) is 18.0 Å². The molecular formula is C10H15N3O4. The van der Waals surface area contributed by atoms with Gasteiger partial charge in [0, 0.05) is 19.9 Å². The molecular weight excluding hydrogens is 226 g/mol. The van der Waals surface area contributed by atoms with E-state index in [0.29, 0.717) is 19.4 Å². The zero-order valence-corrected chi connectivity index (χ0v) is 9.47. The predicted molar refractivity (Wildman–Crippen MR) is 58.6 cm³/mol. The number of methoxy groups -OCH3 is 1. The molecule has 0 saturated heterocycles. The quantitative estimate of drug-likeness (QED) is 0.584. The van der Waals surface area contributed by atoms with E-state index in [1.165, 1.54) is 12.3 Å². The van der Waals surface area contributed by atoms with Gasteiger partial charge in [-0.15, -0.1) is 0 Å². The molecule has 94 valence electrons. The van der Waals surface area contributed by atoms with Crippen molar-refractivity contribution in [2.75, 3.05) is 13.7 Å². The fraction of sp³-hybridized carbons (Fsp3) is 0.500. The third kappa shape index (κ3) is 4.23. The predicted octanol–water partition coefficient (Wildman–Crippen LogP) is 0.0193. The first-order chi connectivity index (χ1) is 8.15. The van der Waals surface area contributed by atoms with Crippen molar-refractivity contribution in [3.63, 3.8) is 0 Å². The summed E-state index contributed by atoms with van der Waals surface area (Å²) in [5, 5.41) is 17.4. The number of ether oxygens (including phenoxy) is 1. The topological polar surface area (TPSA) is 104 Å². The molecule has 1 amide bonds. The molecule has 0 saturated carbocycles. The van der Waals surface area contributed by atoms with E-state index in [1.54, 1.807) is 7.11 Å². The van der Waals surface area contributed by atoms with Gasteiger partial charge in [0.25, 0.3) is 5.91 Å². The lowest BCUT2D eigenvalue weighted by molar-refractivity contribution is -0.139. The zero-order chi connectivity index (χ0) is 12.7. The molecule has 0 aromatic carbocycles. The number of aromatic nitrogens is 2. The molecule has 0 aliphatic carbocycles.